The lowest BCUT2D eigenvalue weighted by Gasteiger charge is -2.46. The van der Waals surface area contributed by atoms with Gasteiger partial charge in [-0.1, -0.05) is 33.8 Å². The summed E-state index contributed by atoms with van der Waals surface area (Å²) in [5, 5.41) is 9.30. The number of nitrogens with one attached hydrogen (secondary N) is 6. The number of rotatable bonds is 11. The van der Waals surface area contributed by atoms with Gasteiger partial charge in [0.1, 0.15) is 0 Å². The second-order valence-electron chi connectivity index (χ2n) is 14.8. The molecule has 0 unspecified atom stereocenters. The molecule has 1 heterocycles. The Kier molecular flexibility index (Phi) is 11.2. The van der Waals surface area contributed by atoms with E-state index >= 15 is 0 Å². The van der Waals surface area contributed by atoms with Crippen molar-refractivity contribution in [2.24, 2.45) is 11.3 Å². The van der Waals surface area contributed by atoms with Crippen LogP contribution in [-0.4, -0.2) is 43.3 Å². The molecule has 2 aromatic rings. The third kappa shape index (κ3) is 9.93. The van der Waals surface area contributed by atoms with E-state index in [0.29, 0.717) is 54.2 Å². The van der Waals surface area contributed by atoms with Gasteiger partial charge in [0.2, 0.25) is 5.91 Å². The van der Waals surface area contributed by atoms with Crippen LogP contribution in [0.1, 0.15) is 92.2 Å². The van der Waals surface area contributed by atoms with Gasteiger partial charge in [0.05, 0.1) is 10.6 Å². The van der Waals surface area contributed by atoms with E-state index in [1.165, 1.54) is 18.2 Å². The molecule has 1 aliphatic heterocycles. The number of carbonyl (C=O) groups is 3. The SMILES string of the molecule is Cc1ccc(S(=O)(=O)Nc2ccc(NNC(=O)C(=O)NC3CC(C)(C)NC(C)(C)C3)cc2)c(C)c1NC(=O)CCC(C)(C)C(C)C. The number of benzene rings is 2. The summed E-state index contributed by atoms with van der Waals surface area (Å²) in [7, 11) is -4.00. The zero-order valence-electron chi connectivity index (χ0n) is 28.9. The summed E-state index contributed by atoms with van der Waals surface area (Å²) in [4.78, 5) is 37.9. The third-order valence-corrected chi connectivity index (χ3v) is 10.5. The first-order chi connectivity index (χ1) is 21.1. The number of hydrogen-bond donors (Lipinski definition) is 6. The lowest BCUT2D eigenvalue weighted by Crippen LogP contribution is -2.63. The van der Waals surface area contributed by atoms with E-state index in [9.17, 15) is 22.8 Å². The summed E-state index contributed by atoms with van der Waals surface area (Å²) < 4.78 is 29.3. The molecule has 1 aliphatic rings. The Morgan fingerprint density at radius 1 is 0.913 bits per heavy atom. The van der Waals surface area contributed by atoms with E-state index in [0.717, 1.165) is 5.56 Å². The highest BCUT2D eigenvalue weighted by molar-refractivity contribution is 7.92. The van der Waals surface area contributed by atoms with Gasteiger partial charge in [-0.15, -0.1) is 0 Å². The second-order valence-corrected chi connectivity index (χ2v) is 16.5. The molecular formula is C34H52N6O5S. The van der Waals surface area contributed by atoms with E-state index < -0.39 is 21.8 Å². The average molecular weight is 657 g/mol. The largest absolute Gasteiger partial charge is 0.345 e. The molecule has 0 aliphatic carbocycles. The fourth-order valence-corrected chi connectivity index (χ4v) is 7.24. The number of hydrogen-bond acceptors (Lipinski definition) is 7. The highest BCUT2D eigenvalue weighted by Crippen LogP contribution is 2.33. The smallest absolute Gasteiger partial charge is 0.327 e. The van der Waals surface area contributed by atoms with Gasteiger partial charge in [-0.3, -0.25) is 30.0 Å². The molecule has 0 saturated carbocycles. The van der Waals surface area contributed by atoms with E-state index in [4.69, 9.17) is 0 Å². The minimum atomic E-state index is -4.00. The van der Waals surface area contributed by atoms with Gasteiger partial charge in [0.25, 0.3) is 10.0 Å². The number of aryl methyl sites for hydroxylation is 1. The van der Waals surface area contributed by atoms with Crippen LogP contribution in [-0.2, 0) is 24.4 Å². The van der Waals surface area contributed by atoms with Crippen molar-refractivity contribution in [3.05, 3.63) is 47.5 Å². The molecule has 1 saturated heterocycles. The molecule has 0 spiro atoms. The fraction of sp³-hybridized carbons (Fsp3) is 0.559. The maximum absolute atomic E-state index is 13.4. The van der Waals surface area contributed by atoms with Crippen LogP contribution >= 0.6 is 0 Å². The number of amides is 3. The highest BCUT2D eigenvalue weighted by Gasteiger charge is 2.38. The second kappa shape index (κ2) is 14.0. The molecule has 2 aromatic carbocycles. The van der Waals surface area contributed by atoms with E-state index in [-0.39, 0.29) is 33.3 Å². The van der Waals surface area contributed by atoms with Crippen molar-refractivity contribution in [2.75, 3.05) is 15.5 Å². The quantitative estimate of drug-likeness (QED) is 0.140. The maximum Gasteiger partial charge on any atom is 0.327 e. The van der Waals surface area contributed by atoms with Crippen molar-refractivity contribution in [3.8, 4) is 0 Å². The van der Waals surface area contributed by atoms with Gasteiger partial charge in [0, 0.05) is 34.9 Å². The van der Waals surface area contributed by atoms with Crippen molar-refractivity contribution in [2.45, 2.75) is 117 Å². The number of sulfonamides is 1. The van der Waals surface area contributed by atoms with Crippen LogP contribution in [0, 0.1) is 25.2 Å². The van der Waals surface area contributed by atoms with Gasteiger partial charge < -0.3 is 16.0 Å². The van der Waals surface area contributed by atoms with Crippen molar-refractivity contribution >= 4 is 44.8 Å². The third-order valence-electron chi connectivity index (χ3n) is 8.93. The summed E-state index contributed by atoms with van der Waals surface area (Å²) in [6.45, 7) is 20.3. The van der Waals surface area contributed by atoms with Gasteiger partial charge in [-0.05, 0) is 114 Å². The predicted octanol–water partition coefficient (Wildman–Crippen LogP) is 5.37. The summed E-state index contributed by atoms with van der Waals surface area (Å²) in [6, 6.07) is 9.26. The van der Waals surface area contributed by atoms with Crippen LogP contribution in [0.15, 0.2) is 41.3 Å². The monoisotopic (exact) mass is 656 g/mol. The molecule has 1 fully saturated rings. The van der Waals surface area contributed by atoms with Crippen LogP contribution in [0.5, 0.6) is 0 Å². The molecule has 0 atom stereocenters. The van der Waals surface area contributed by atoms with E-state index in [1.807, 2.05) is 6.92 Å². The average Bonchev–Trinajstić information content (AvgIpc) is 2.91. The van der Waals surface area contributed by atoms with Gasteiger partial charge in [-0.25, -0.2) is 8.42 Å². The molecule has 3 amide bonds. The Morgan fingerprint density at radius 3 is 2.04 bits per heavy atom. The Bertz CT molecular complexity index is 1530. The van der Waals surface area contributed by atoms with Crippen molar-refractivity contribution in [1.82, 2.24) is 16.1 Å². The standard InChI is InChI=1S/C34H52N6O5S/c1-21(2)32(5,6)18-17-28(41)36-29-22(3)11-16-27(23(29)4)46(44,45)39-25-14-12-24(13-15-25)37-38-31(43)30(42)35-26-19-33(7,8)40-34(9,10)20-26/h11-16,21,26,37,39-40H,17-20H2,1-10H3,(H,35,42)(H,36,41)(H,38,43). The topological polar surface area (TPSA) is 158 Å². The van der Waals surface area contributed by atoms with E-state index in [1.54, 1.807) is 25.1 Å². The van der Waals surface area contributed by atoms with E-state index in [2.05, 4.69) is 86.9 Å². The summed E-state index contributed by atoms with van der Waals surface area (Å²) >= 11 is 0. The lowest BCUT2D eigenvalue weighted by atomic mass is 9.77. The number of anilines is 3. The minimum Gasteiger partial charge on any atom is -0.345 e. The Balaban J connectivity index is 1.60. The molecule has 11 nitrogen and oxygen atoms in total. The molecule has 0 radical (unpaired) electrons. The van der Waals surface area contributed by atoms with Gasteiger partial charge in [0.15, 0.2) is 0 Å². The van der Waals surface area contributed by atoms with Crippen molar-refractivity contribution in [1.29, 1.82) is 0 Å². The Morgan fingerprint density at radius 2 is 1.48 bits per heavy atom. The van der Waals surface area contributed by atoms with Crippen LogP contribution in [0.3, 0.4) is 0 Å². The van der Waals surface area contributed by atoms with Crippen LogP contribution in [0.25, 0.3) is 0 Å². The van der Waals surface area contributed by atoms with Crippen molar-refractivity contribution in [3.63, 3.8) is 0 Å². The predicted molar refractivity (Wildman–Crippen MR) is 184 cm³/mol. The Hall–Kier alpha value is -3.64. The first-order valence-electron chi connectivity index (χ1n) is 15.8. The van der Waals surface area contributed by atoms with Gasteiger partial charge >= 0.3 is 11.8 Å². The lowest BCUT2D eigenvalue weighted by molar-refractivity contribution is -0.139. The zero-order chi connectivity index (χ0) is 34.7. The molecule has 0 aromatic heterocycles. The maximum atomic E-state index is 13.4. The molecule has 3 rings (SSSR count). The molecule has 6 N–H and O–H groups in total. The van der Waals surface area contributed by atoms with Crippen LogP contribution in [0.4, 0.5) is 17.1 Å². The normalized spacial score (nSPS) is 16.4. The minimum absolute atomic E-state index is 0.00375. The highest BCUT2D eigenvalue weighted by atomic mass is 32.2. The number of hydrazine groups is 1. The van der Waals surface area contributed by atoms with Gasteiger partial charge in [-0.2, -0.15) is 0 Å². The first-order valence-corrected chi connectivity index (χ1v) is 17.3. The zero-order valence-corrected chi connectivity index (χ0v) is 29.7. The molecule has 0 bridgehead atoms. The summed E-state index contributed by atoms with van der Waals surface area (Å²) in [6.07, 6.45) is 2.43. The molecule has 46 heavy (non-hydrogen) atoms. The summed E-state index contributed by atoms with van der Waals surface area (Å²) in [5.74, 6) is -1.31. The molecule has 12 heteroatoms. The first kappa shape index (κ1) is 36.8. The fourth-order valence-electron chi connectivity index (χ4n) is 5.93. The molecule has 254 valence electrons. The summed E-state index contributed by atoms with van der Waals surface area (Å²) in [5.41, 5.74) is 7.17. The Labute approximate surface area is 274 Å². The van der Waals surface area contributed by atoms with Crippen molar-refractivity contribution < 1.29 is 22.8 Å². The number of piperidine rings is 1. The van der Waals surface area contributed by atoms with Crippen LogP contribution in [0.2, 0.25) is 0 Å². The van der Waals surface area contributed by atoms with Crippen LogP contribution < -0.4 is 31.5 Å². The molecular weight excluding hydrogens is 604 g/mol. The number of carbonyl (C=O) groups excluding carboxylic acids is 3.